The van der Waals surface area contributed by atoms with Crippen LogP contribution in [0.1, 0.15) is 46.0 Å². The third-order valence-electron chi connectivity index (χ3n) is 5.54. The number of pyridine rings is 1. The van der Waals surface area contributed by atoms with Gasteiger partial charge >= 0.3 is 0 Å². The zero-order valence-electron chi connectivity index (χ0n) is 17.6. The largest absolute Gasteiger partial charge is 0.378 e. The van der Waals surface area contributed by atoms with E-state index in [0.29, 0.717) is 12.2 Å². The van der Waals surface area contributed by atoms with E-state index >= 15 is 0 Å². The molecule has 0 spiro atoms. The molecule has 1 aromatic heterocycles. The number of carbonyl (C=O) groups is 2. The van der Waals surface area contributed by atoms with Crippen LogP contribution < -0.4 is 10.9 Å². The van der Waals surface area contributed by atoms with Crippen molar-refractivity contribution in [2.24, 2.45) is 5.92 Å². The number of Topliss-reactive ketones (excluding diaryl/α,β-unsaturated/α-hetero) is 1. The topological polar surface area (TPSA) is 86.6 Å². The molecule has 3 atom stereocenters. The fourth-order valence-corrected chi connectivity index (χ4v) is 3.93. The number of aromatic nitrogens is 1. The van der Waals surface area contributed by atoms with Gasteiger partial charge in [0.15, 0.2) is 5.78 Å². The Morgan fingerprint density at radius 1 is 1.23 bits per heavy atom. The first-order valence-corrected chi connectivity index (χ1v) is 10.2. The first-order chi connectivity index (χ1) is 14.5. The van der Waals surface area contributed by atoms with Crippen molar-refractivity contribution in [2.75, 3.05) is 20.8 Å². The minimum absolute atomic E-state index is 0.00580. The molecule has 1 aliphatic carbocycles. The molecule has 7 heteroatoms. The average Bonchev–Trinajstić information content (AvgIpc) is 2.74. The third-order valence-corrected chi connectivity index (χ3v) is 5.54. The summed E-state index contributed by atoms with van der Waals surface area (Å²) in [6.45, 7) is 2.81. The Morgan fingerprint density at radius 2 is 1.97 bits per heavy atom. The Bertz CT molecular complexity index is 954. The van der Waals surface area contributed by atoms with Crippen LogP contribution in [0.4, 0.5) is 0 Å². The quantitative estimate of drug-likeness (QED) is 0.639. The number of nitrogens with one attached hydrogen (secondary N) is 1. The number of carbonyl (C=O) groups excluding carboxylic acids is 2. The molecule has 2 aromatic rings. The number of benzene rings is 1. The predicted molar refractivity (Wildman–Crippen MR) is 113 cm³/mol. The van der Waals surface area contributed by atoms with Crippen molar-refractivity contribution >= 4 is 11.7 Å². The number of hydrogen-bond acceptors (Lipinski definition) is 5. The standard InChI is InChI=1S/C23H28N2O5/c1-4-30-20-12-16(21(20)29-3)11-19(26)17-10-18(22(27)24-2)23(28)25(14-17)13-15-8-6-5-7-9-15/h5-10,14,16,20-21H,4,11-13H2,1-3H3,(H,24,27). The molecule has 0 saturated heterocycles. The van der Waals surface area contributed by atoms with Crippen molar-refractivity contribution in [3.05, 3.63) is 69.6 Å². The highest BCUT2D eigenvalue weighted by Crippen LogP contribution is 2.36. The summed E-state index contributed by atoms with van der Waals surface area (Å²) in [5.74, 6) is -0.577. The summed E-state index contributed by atoms with van der Waals surface area (Å²) in [7, 11) is 3.08. The molecule has 7 nitrogen and oxygen atoms in total. The van der Waals surface area contributed by atoms with E-state index in [1.807, 2.05) is 37.3 Å². The molecule has 0 bridgehead atoms. The molecule has 160 valence electrons. The third kappa shape index (κ3) is 4.68. The van der Waals surface area contributed by atoms with Crippen LogP contribution in [0.2, 0.25) is 0 Å². The molecule has 1 amide bonds. The van der Waals surface area contributed by atoms with Gasteiger partial charge in [0.1, 0.15) is 5.56 Å². The van der Waals surface area contributed by atoms with Gasteiger partial charge in [-0.3, -0.25) is 14.4 Å². The van der Waals surface area contributed by atoms with Gasteiger partial charge in [-0.15, -0.1) is 0 Å². The van der Waals surface area contributed by atoms with Gasteiger partial charge in [-0.2, -0.15) is 0 Å². The highest BCUT2D eigenvalue weighted by atomic mass is 16.5. The molecule has 30 heavy (non-hydrogen) atoms. The Kier molecular flexibility index (Phi) is 7.18. The minimum atomic E-state index is -0.508. The summed E-state index contributed by atoms with van der Waals surface area (Å²) >= 11 is 0. The van der Waals surface area contributed by atoms with Gasteiger partial charge in [-0.25, -0.2) is 0 Å². The molecule has 3 unspecified atom stereocenters. The summed E-state index contributed by atoms with van der Waals surface area (Å²) in [6, 6.07) is 10.8. The second-order valence-electron chi connectivity index (χ2n) is 7.46. The molecule has 1 heterocycles. The molecule has 0 aliphatic heterocycles. The molecule has 1 aromatic carbocycles. The second kappa shape index (κ2) is 9.82. The number of methoxy groups -OCH3 is 1. The van der Waals surface area contributed by atoms with E-state index in [0.717, 1.165) is 12.0 Å². The van der Waals surface area contributed by atoms with E-state index in [1.165, 1.54) is 17.7 Å². The highest BCUT2D eigenvalue weighted by Gasteiger charge is 2.43. The van der Waals surface area contributed by atoms with Gasteiger partial charge < -0.3 is 19.4 Å². The lowest BCUT2D eigenvalue weighted by Crippen LogP contribution is -2.50. The molecular formula is C23H28N2O5. The normalized spacial score (nSPS) is 20.4. The van der Waals surface area contributed by atoms with Gasteiger partial charge in [0.2, 0.25) is 0 Å². The van der Waals surface area contributed by atoms with Crippen LogP contribution in [-0.2, 0) is 16.0 Å². The number of ether oxygens (including phenoxy) is 2. The summed E-state index contributed by atoms with van der Waals surface area (Å²) in [4.78, 5) is 38.1. The van der Waals surface area contributed by atoms with Gasteiger partial charge in [0.05, 0.1) is 18.8 Å². The van der Waals surface area contributed by atoms with E-state index in [4.69, 9.17) is 9.47 Å². The van der Waals surface area contributed by atoms with Crippen LogP contribution in [0.5, 0.6) is 0 Å². The van der Waals surface area contributed by atoms with Gasteiger partial charge in [-0.1, -0.05) is 30.3 Å². The zero-order chi connectivity index (χ0) is 21.7. The molecule has 1 N–H and O–H groups in total. The fraction of sp³-hybridized carbons (Fsp3) is 0.435. The Hall–Kier alpha value is -2.77. The van der Waals surface area contributed by atoms with Crippen LogP contribution in [-0.4, -0.2) is 49.2 Å². The number of hydrogen-bond donors (Lipinski definition) is 1. The number of nitrogens with zero attached hydrogens (tertiary/aromatic N) is 1. The van der Waals surface area contributed by atoms with E-state index < -0.39 is 11.5 Å². The van der Waals surface area contributed by atoms with Crippen molar-refractivity contribution < 1.29 is 19.1 Å². The van der Waals surface area contributed by atoms with Crippen molar-refractivity contribution in [1.82, 2.24) is 9.88 Å². The van der Waals surface area contributed by atoms with Crippen LogP contribution in [0.3, 0.4) is 0 Å². The predicted octanol–water partition coefficient (Wildman–Crippen LogP) is 2.27. The van der Waals surface area contributed by atoms with Crippen LogP contribution in [0.25, 0.3) is 0 Å². The molecule has 1 saturated carbocycles. The number of amides is 1. The maximum atomic E-state index is 13.0. The van der Waals surface area contributed by atoms with Crippen LogP contribution >= 0.6 is 0 Å². The Morgan fingerprint density at radius 3 is 2.60 bits per heavy atom. The molecule has 1 aliphatic rings. The summed E-state index contributed by atoms with van der Waals surface area (Å²) in [5.41, 5.74) is 0.789. The maximum Gasteiger partial charge on any atom is 0.263 e. The number of rotatable bonds is 9. The lowest BCUT2D eigenvalue weighted by molar-refractivity contribution is -0.148. The summed E-state index contributed by atoms with van der Waals surface area (Å²) in [6.07, 6.45) is 2.46. The van der Waals surface area contributed by atoms with E-state index in [9.17, 15) is 14.4 Å². The molecule has 0 radical (unpaired) electrons. The SMILES string of the molecule is CCOC1CC(CC(=O)c2cc(C(=O)NC)c(=O)n(Cc3ccccc3)c2)C1OC. The Balaban J connectivity index is 1.86. The first kappa shape index (κ1) is 21.9. The Labute approximate surface area is 176 Å². The lowest BCUT2D eigenvalue weighted by atomic mass is 9.75. The number of ketones is 1. The van der Waals surface area contributed by atoms with Crippen molar-refractivity contribution in [3.63, 3.8) is 0 Å². The molecule has 1 fully saturated rings. The average molecular weight is 412 g/mol. The van der Waals surface area contributed by atoms with Crippen molar-refractivity contribution in [2.45, 2.75) is 38.5 Å². The summed E-state index contributed by atoms with van der Waals surface area (Å²) < 4.78 is 12.6. The molecular weight excluding hydrogens is 384 g/mol. The monoisotopic (exact) mass is 412 g/mol. The van der Waals surface area contributed by atoms with E-state index in [2.05, 4.69) is 5.32 Å². The minimum Gasteiger partial charge on any atom is -0.378 e. The lowest BCUT2D eigenvalue weighted by Gasteiger charge is -2.42. The van der Waals surface area contributed by atoms with Gasteiger partial charge in [-0.05, 0) is 30.9 Å². The fourth-order valence-electron chi connectivity index (χ4n) is 3.93. The van der Waals surface area contributed by atoms with E-state index in [-0.39, 0.29) is 42.4 Å². The first-order valence-electron chi connectivity index (χ1n) is 10.2. The van der Waals surface area contributed by atoms with Crippen LogP contribution in [0, 0.1) is 5.92 Å². The van der Waals surface area contributed by atoms with Crippen molar-refractivity contribution in [3.8, 4) is 0 Å². The van der Waals surface area contributed by atoms with Gasteiger partial charge in [0, 0.05) is 38.9 Å². The zero-order valence-corrected chi connectivity index (χ0v) is 17.6. The summed E-state index contributed by atoms with van der Waals surface area (Å²) in [5, 5.41) is 2.48. The second-order valence-corrected chi connectivity index (χ2v) is 7.46. The van der Waals surface area contributed by atoms with Gasteiger partial charge in [0.25, 0.3) is 11.5 Å². The maximum absolute atomic E-state index is 13.0. The van der Waals surface area contributed by atoms with Crippen molar-refractivity contribution in [1.29, 1.82) is 0 Å². The molecule has 3 rings (SSSR count). The highest BCUT2D eigenvalue weighted by molar-refractivity contribution is 6.00. The van der Waals surface area contributed by atoms with E-state index in [1.54, 1.807) is 13.3 Å². The van der Waals surface area contributed by atoms with Crippen LogP contribution in [0.15, 0.2) is 47.4 Å². The smallest absolute Gasteiger partial charge is 0.263 e.